The van der Waals surface area contributed by atoms with Gasteiger partial charge in [0.15, 0.2) is 0 Å². The maximum Gasteiger partial charge on any atom is 0.320 e. The molecule has 0 saturated heterocycles. The van der Waals surface area contributed by atoms with E-state index in [1.807, 2.05) is 20.8 Å². The standard InChI is InChI=1S/C19H24N4O5/c1-19(2,3)17(25)21-12-8-7-11(9-14(12)26-4)20-16(24)13-10-15(27-5)23-18(22-13)28-6/h7-10H,1-6H3,(H,20,24)(H,21,25). The molecular weight excluding hydrogens is 364 g/mol. The number of rotatable bonds is 6. The largest absolute Gasteiger partial charge is 0.494 e. The van der Waals surface area contributed by atoms with Crippen LogP contribution < -0.4 is 24.8 Å². The van der Waals surface area contributed by atoms with Gasteiger partial charge in [-0.25, -0.2) is 0 Å². The van der Waals surface area contributed by atoms with Crippen LogP contribution in [0, 0.1) is 5.41 Å². The van der Waals surface area contributed by atoms with E-state index in [1.165, 1.54) is 27.4 Å². The predicted octanol–water partition coefficient (Wildman–Crippen LogP) is 2.74. The summed E-state index contributed by atoms with van der Waals surface area (Å²) in [7, 11) is 4.30. The highest BCUT2D eigenvalue weighted by molar-refractivity contribution is 6.03. The van der Waals surface area contributed by atoms with E-state index in [-0.39, 0.29) is 23.5 Å². The van der Waals surface area contributed by atoms with Crippen LogP contribution in [0.15, 0.2) is 24.3 Å². The van der Waals surface area contributed by atoms with Crippen molar-refractivity contribution in [3.05, 3.63) is 30.0 Å². The van der Waals surface area contributed by atoms with Gasteiger partial charge in [-0.15, -0.1) is 0 Å². The molecule has 0 atom stereocenters. The molecule has 0 bridgehead atoms. The number of nitrogens with zero attached hydrogens (tertiary/aromatic N) is 2. The van der Waals surface area contributed by atoms with Crippen molar-refractivity contribution < 1.29 is 23.8 Å². The van der Waals surface area contributed by atoms with E-state index in [1.54, 1.807) is 18.2 Å². The molecule has 1 heterocycles. The van der Waals surface area contributed by atoms with Crippen LogP contribution in [-0.2, 0) is 4.79 Å². The molecular formula is C19H24N4O5. The van der Waals surface area contributed by atoms with E-state index >= 15 is 0 Å². The smallest absolute Gasteiger partial charge is 0.320 e. The summed E-state index contributed by atoms with van der Waals surface area (Å²) in [6.07, 6.45) is 0. The zero-order chi connectivity index (χ0) is 20.9. The third-order valence-corrected chi connectivity index (χ3v) is 3.70. The van der Waals surface area contributed by atoms with Gasteiger partial charge in [-0.3, -0.25) is 9.59 Å². The molecule has 2 amide bonds. The number of amides is 2. The molecule has 0 radical (unpaired) electrons. The number of carbonyl (C=O) groups is 2. The SMILES string of the molecule is COc1cc(C(=O)Nc2ccc(NC(=O)C(C)(C)C)c(OC)c2)nc(OC)n1. The second-order valence-corrected chi connectivity index (χ2v) is 6.86. The number of ether oxygens (including phenoxy) is 3. The monoisotopic (exact) mass is 388 g/mol. The maximum absolute atomic E-state index is 12.5. The van der Waals surface area contributed by atoms with E-state index in [9.17, 15) is 9.59 Å². The third-order valence-electron chi connectivity index (χ3n) is 3.70. The average molecular weight is 388 g/mol. The van der Waals surface area contributed by atoms with Crippen LogP contribution in [0.2, 0.25) is 0 Å². The molecule has 0 spiro atoms. The number of nitrogens with one attached hydrogen (secondary N) is 2. The molecule has 2 aromatic rings. The Labute approximate surface area is 163 Å². The van der Waals surface area contributed by atoms with Crippen LogP contribution in [-0.4, -0.2) is 43.1 Å². The Kier molecular flexibility index (Phi) is 6.40. The fourth-order valence-electron chi connectivity index (χ4n) is 2.09. The number of benzene rings is 1. The molecule has 150 valence electrons. The minimum atomic E-state index is -0.553. The van der Waals surface area contributed by atoms with Crippen LogP contribution in [0.3, 0.4) is 0 Å². The lowest BCUT2D eigenvalue weighted by atomic mass is 9.95. The zero-order valence-electron chi connectivity index (χ0n) is 16.7. The molecule has 1 aromatic heterocycles. The van der Waals surface area contributed by atoms with E-state index in [0.29, 0.717) is 17.1 Å². The lowest BCUT2D eigenvalue weighted by Crippen LogP contribution is -2.27. The summed E-state index contributed by atoms with van der Waals surface area (Å²) in [5, 5.41) is 5.53. The van der Waals surface area contributed by atoms with Gasteiger partial charge < -0.3 is 24.8 Å². The quantitative estimate of drug-likeness (QED) is 0.782. The second-order valence-electron chi connectivity index (χ2n) is 6.86. The number of hydrogen-bond acceptors (Lipinski definition) is 7. The first-order valence-corrected chi connectivity index (χ1v) is 8.46. The summed E-state index contributed by atoms with van der Waals surface area (Å²) in [6, 6.07) is 6.31. The molecule has 9 nitrogen and oxygen atoms in total. The molecule has 28 heavy (non-hydrogen) atoms. The molecule has 0 unspecified atom stereocenters. The Morgan fingerprint density at radius 1 is 0.929 bits per heavy atom. The summed E-state index contributed by atoms with van der Waals surface area (Å²) in [6.45, 7) is 5.44. The fourth-order valence-corrected chi connectivity index (χ4v) is 2.09. The van der Waals surface area contributed by atoms with E-state index < -0.39 is 11.3 Å². The Hall–Kier alpha value is -3.36. The number of aromatic nitrogens is 2. The predicted molar refractivity (Wildman–Crippen MR) is 104 cm³/mol. The zero-order valence-corrected chi connectivity index (χ0v) is 16.7. The maximum atomic E-state index is 12.5. The topological polar surface area (TPSA) is 112 Å². The van der Waals surface area contributed by atoms with Crippen LogP contribution in [0.5, 0.6) is 17.6 Å². The van der Waals surface area contributed by atoms with E-state index in [4.69, 9.17) is 14.2 Å². The molecule has 0 aliphatic rings. The van der Waals surface area contributed by atoms with Gasteiger partial charge in [-0.2, -0.15) is 9.97 Å². The number of anilines is 2. The van der Waals surface area contributed by atoms with Gasteiger partial charge in [0.05, 0.1) is 27.0 Å². The Morgan fingerprint density at radius 3 is 2.21 bits per heavy atom. The highest BCUT2D eigenvalue weighted by atomic mass is 16.5. The fraction of sp³-hybridized carbons (Fsp3) is 0.368. The lowest BCUT2D eigenvalue weighted by Gasteiger charge is -2.19. The molecule has 0 aliphatic carbocycles. The average Bonchev–Trinajstić information content (AvgIpc) is 2.67. The molecule has 0 aliphatic heterocycles. The van der Waals surface area contributed by atoms with Crippen LogP contribution >= 0.6 is 0 Å². The first-order chi connectivity index (χ1) is 13.2. The molecule has 0 fully saturated rings. The first kappa shape index (κ1) is 20.9. The molecule has 1 aromatic carbocycles. The summed E-state index contributed by atoms with van der Waals surface area (Å²) in [5.74, 6) is -0.0154. The first-order valence-electron chi connectivity index (χ1n) is 8.46. The Morgan fingerprint density at radius 2 is 1.64 bits per heavy atom. The van der Waals surface area contributed by atoms with Crippen LogP contribution in [0.1, 0.15) is 31.3 Å². The molecule has 0 saturated carbocycles. The van der Waals surface area contributed by atoms with Crippen LogP contribution in [0.25, 0.3) is 0 Å². The van der Waals surface area contributed by atoms with Crippen molar-refractivity contribution >= 4 is 23.2 Å². The van der Waals surface area contributed by atoms with Gasteiger partial charge in [-0.05, 0) is 12.1 Å². The van der Waals surface area contributed by atoms with Gasteiger partial charge in [0.25, 0.3) is 5.91 Å². The van der Waals surface area contributed by atoms with Gasteiger partial charge in [0, 0.05) is 23.2 Å². The van der Waals surface area contributed by atoms with Crippen molar-refractivity contribution in [1.82, 2.24) is 9.97 Å². The summed E-state index contributed by atoms with van der Waals surface area (Å²) < 4.78 is 15.3. The van der Waals surface area contributed by atoms with Gasteiger partial charge >= 0.3 is 6.01 Å². The number of hydrogen-bond donors (Lipinski definition) is 2. The normalized spacial score (nSPS) is 10.8. The van der Waals surface area contributed by atoms with Gasteiger partial charge in [0.2, 0.25) is 11.8 Å². The Bertz CT molecular complexity index is 855. The summed E-state index contributed by atoms with van der Waals surface area (Å²) >= 11 is 0. The van der Waals surface area contributed by atoms with E-state index in [0.717, 1.165) is 0 Å². The lowest BCUT2D eigenvalue weighted by molar-refractivity contribution is -0.123. The third kappa shape index (κ3) is 5.09. The molecule has 9 heteroatoms. The molecule has 2 rings (SSSR count). The summed E-state index contributed by atoms with van der Waals surface area (Å²) in [5.41, 5.74) is 0.494. The van der Waals surface area contributed by atoms with Crippen LogP contribution in [0.4, 0.5) is 11.4 Å². The van der Waals surface area contributed by atoms with Crippen molar-refractivity contribution in [2.75, 3.05) is 32.0 Å². The number of carbonyl (C=O) groups excluding carboxylic acids is 2. The van der Waals surface area contributed by atoms with Crippen molar-refractivity contribution in [2.24, 2.45) is 5.41 Å². The minimum Gasteiger partial charge on any atom is -0.494 e. The van der Waals surface area contributed by atoms with E-state index in [2.05, 4.69) is 20.6 Å². The van der Waals surface area contributed by atoms with Crippen molar-refractivity contribution in [2.45, 2.75) is 20.8 Å². The van der Waals surface area contributed by atoms with Crippen molar-refractivity contribution in [3.63, 3.8) is 0 Å². The summed E-state index contributed by atoms with van der Waals surface area (Å²) in [4.78, 5) is 32.7. The minimum absolute atomic E-state index is 0.0160. The highest BCUT2D eigenvalue weighted by Crippen LogP contribution is 2.30. The Balaban J connectivity index is 2.23. The van der Waals surface area contributed by atoms with Gasteiger partial charge in [0.1, 0.15) is 11.4 Å². The van der Waals surface area contributed by atoms with Gasteiger partial charge in [-0.1, -0.05) is 20.8 Å². The van der Waals surface area contributed by atoms with Crippen molar-refractivity contribution in [3.8, 4) is 17.6 Å². The second kappa shape index (κ2) is 8.55. The molecule has 2 N–H and O–H groups in total. The number of methoxy groups -OCH3 is 3. The van der Waals surface area contributed by atoms with Crippen molar-refractivity contribution in [1.29, 1.82) is 0 Å². The highest BCUT2D eigenvalue weighted by Gasteiger charge is 2.22.